The van der Waals surface area contributed by atoms with Gasteiger partial charge >= 0.3 is 0 Å². The lowest BCUT2D eigenvalue weighted by molar-refractivity contribution is 0.112. The fraction of sp³-hybridized carbons (Fsp3) is 0.545. The van der Waals surface area contributed by atoms with Crippen molar-refractivity contribution in [3.63, 3.8) is 0 Å². The summed E-state index contributed by atoms with van der Waals surface area (Å²) in [5, 5.41) is 3.42. The van der Waals surface area contributed by atoms with Gasteiger partial charge in [-0.1, -0.05) is 31.9 Å². The van der Waals surface area contributed by atoms with Gasteiger partial charge in [-0.15, -0.1) is 0 Å². The third kappa shape index (κ3) is 3.17. The molecule has 0 saturated heterocycles. The molecule has 1 rings (SSSR count). The molecule has 0 aromatic carbocycles. The molecule has 0 bridgehead atoms. The maximum atomic E-state index is 10.9. The lowest BCUT2D eigenvalue weighted by atomic mass is 10.1. The van der Waals surface area contributed by atoms with E-state index in [1.54, 1.807) is 0 Å². The molecular weight excluding hydrogens is 226 g/mol. The second kappa shape index (κ2) is 6.43. The number of rotatable bonds is 6. The van der Waals surface area contributed by atoms with Gasteiger partial charge in [-0.2, -0.15) is 0 Å². The summed E-state index contributed by atoms with van der Waals surface area (Å²) in [4.78, 5) is 18.7. The van der Waals surface area contributed by atoms with Crippen LogP contribution in [0, 0.1) is 0 Å². The number of hydrogen-bond acceptors (Lipinski definition) is 4. The molecule has 0 aliphatic carbocycles. The van der Waals surface area contributed by atoms with Crippen LogP contribution in [0.1, 0.15) is 43.5 Å². The van der Waals surface area contributed by atoms with Crippen molar-refractivity contribution in [2.24, 2.45) is 0 Å². The Labute approximate surface area is 100 Å². The maximum Gasteiger partial charge on any atom is 0.156 e. The number of carbonyl (C=O) groups excluding carboxylic acids is 1. The van der Waals surface area contributed by atoms with E-state index >= 15 is 0 Å². The lowest BCUT2D eigenvalue weighted by Crippen LogP contribution is -2.20. The SMILES string of the molecule is CCCC(CC)Nc1ncnc(Cl)c1C=O. The number of aldehydes is 1. The third-order valence-corrected chi connectivity index (χ3v) is 2.73. The number of nitrogens with zero attached hydrogens (tertiary/aromatic N) is 2. The molecule has 0 radical (unpaired) electrons. The summed E-state index contributed by atoms with van der Waals surface area (Å²) in [6.07, 6.45) is 5.14. The van der Waals surface area contributed by atoms with Gasteiger partial charge in [0.2, 0.25) is 0 Å². The summed E-state index contributed by atoms with van der Waals surface area (Å²) in [5.41, 5.74) is 0.332. The zero-order chi connectivity index (χ0) is 12.0. The van der Waals surface area contributed by atoms with Crippen LogP contribution in [-0.4, -0.2) is 22.3 Å². The minimum absolute atomic E-state index is 0.193. The normalized spacial score (nSPS) is 12.2. The van der Waals surface area contributed by atoms with Crippen LogP contribution < -0.4 is 5.32 Å². The first-order valence-corrected chi connectivity index (χ1v) is 5.82. The summed E-state index contributed by atoms with van der Waals surface area (Å²) in [5.74, 6) is 0.523. The zero-order valence-electron chi connectivity index (χ0n) is 9.53. The monoisotopic (exact) mass is 241 g/mol. The number of nitrogens with one attached hydrogen (secondary N) is 1. The van der Waals surface area contributed by atoms with Crippen molar-refractivity contribution in [1.82, 2.24) is 9.97 Å². The van der Waals surface area contributed by atoms with Crippen LogP contribution in [0.25, 0.3) is 0 Å². The van der Waals surface area contributed by atoms with Gasteiger partial charge in [0.25, 0.3) is 0 Å². The standard InChI is InChI=1S/C11H16ClN3O/c1-3-5-8(4-2)15-11-9(6-16)10(12)13-7-14-11/h6-8H,3-5H2,1-2H3,(H,13,14,15). The second-order valence-corrected chi connectivity index (χ2v) is 3.94. The van der Waals surface area contributed by atoms with Crippen molar-refractivity contribution in [3.05, 3.63) is 17.0 Å². The van der Waals surface area contributed by atoms with Crippen LogP contribution >= 0.6 is 11.6 Å². The maximum absolute atomic E-state index is 10.9. The molecule has 1 unspecified atom stereocenters. The summed E-state index contributed by atoms with van der Waals surface area (Å²) in [6, 6.07) is 0.315. The molecule has 1 aromatic heterocycles. The summed E-state index contributed by atoms with van der Waals surface area (Å²) in [7, 11) is 0. The Hall–Kier alpha value is -1.16. The van der Waals surface area contributed by atoms with Gasteiger partial charge in [-0.25, -0.2) is 9.97 Å². The molecule has 0 spiro atoms. The summed E-state index contributed by atoms with van der Waals surface area (Å²) < 4.78 is 0. The molecule has 5 heteroatoms. The molecule has 16 heavy (non-hydrogen) atoms. The first kappa shape index (κ1) is 12.9. The Kier molecular flexibility index (Phi) is 5.19. The molecule has 1 N–H and O–H groups in total. The molecule has 1 heterocycles. The van der Waals surface area contributed by atoms with Gasteiger partial charge in [-0.05, 0) is 12.8 Å². The Bertz CT molecular complexity index is 357. The van der Waals surface area contributed by atoms with Crippen LogP contribution in [0.4, 0.5) is 5.82 Å². The van der Waals surface area contributed by atoms with Crippen molar-refractivity contribution in [2.75, 3.05) is 5.32 Å². The zero-order valence-corrected chi connectivity index (χ0v) is 10.3. The molecule has 1 aromatic rings. The molecule has 0 aliphatic rings. The van der Waals surface area contributed by atoms with Crippen LogP contribution in [-0.2, 0) is 0 Å². The van der Waals surface area contributed by atoms with Crippen LogP contribution in [0.15, 0.2) is 6.33 Å². The Morgan fingerprint density at radius 2 is 2.25 bits per heavy atom. The van der Waals surface area contributed by atoms with E-state index in [0.717, 1.165) is 19.3 Å². The van der Waals surface area contributed by atoms with E-state index in [-0.39, 0.29) is 5.15 Å². The van der Waals surface area contributed by atoms with Gasteiger partial charge < -0.3 is 5.32 Å². The predicted molar refractivity (Wildman–Crippen MR) is 65.0 cm³/mol. The largest absolute Gasteiger partial charge is 0.367 e. The van der Waals surface area contributed by atoms with E-state index in [9.17, 15) is 4.79 Å². The molecule has 88 valence electrons. The first-order chi connectivity index (χ1) is 7.72. The molecule has 4 nitrogen and oxygen atoms in total. The molecular formula is C11H16ClN3O. The van der Waals surface area contributed by atoms with E-state index in [0.29, 0.717) is 23.7 Å². The van der Waals surface area contributed by atoms with Crippen molar-refractivity contribution in [2.45, 2.75) is 39.2 Å². The van der Waals surface area contributed by atoms with Gasteiger partial charge in [0.05, 0.1) is 5.56 Å². The Morgan fingerprint density at radius 3 is 2.81 bits per heavy atom. The number of carbonyl (C=O) groups is 1. The highest BCUT2D eigenvalue weighted by Gasteiger charge is 2.12. The van der Waals surface area contributed by atoms with E-state index in [2.05, 4.69) is 29.1 Å². The molecule has 0 fully saturated rings. The van der Waals surface area contributed by atoms with E-state index < -0.39 is 0 Å². The molecule has 0 saturated carbocycles. The first-order valence-electron chi connectivity index (χ1n) is 5.45. The third-order valence-electron chi connectivity index (χ3n) is 2.42. The smallest absolute Gasteiger partial charge is 0.156 e. The van der Waals surface area contributed by atoms with Crippen molar-refractivity contribution < 1.29 is 4.79 Å². The van der Waals surface area contributed by atoms with E-state index in [1.807, 2.05) is 0 Å². The fourth-order valence-electron chi connectivity index (χ4n) is 1.51. The quantitative estimate of drug-likeness (QED) is 0.615. The van der Waals surface area contributed by atoms with Gasteiger partial charge in [0.15, 0.2) is 6.29 Å². The summed E-state index contributed by atoms with van der Waals surface area (Å²) in [6.45, 7) is 4.22. The average molecular weight is 242 g/mol. The highest BCUT2D eigenvalue weighted by atomic mass is 35.5. The van der Waals surface area contributed by atoms with Gasteiger partial charge in [0.1, 0.15) is 17.3 Å². The average Bonchev–Trinajstić information content (AvgIpc) is 2.28. The van der Waals surface area contributed by atoms with Gasteiger partial charge in [0, 0.05) is 6.04 Å². The lowest BCUT2D eigenvalue weighted by Gasteiger charge is -2.17. The highest BCUT2D eigenvalue weighted by molar-refractivity contribution is 6.32. The van der Waals surface area contributed by atoms with Gasteiger partial charge in [-0.3, -0.25) is 4.79 Å². The number of aromatic nitrogens is 2. The van der Waals surface area contributed by atoms with Crippen LogP contribution in [0.3, 0.4) is 0 Å². The fourth-order valence-corrected chi connectivity index (χ4v) is 1.69. The number of hydrogen-bond donors (Lipinski definition) is 1. The van der Waals surface area contributed by atoms with Crippen LogP contribution in [0.5, 0.6) is 0 Å². The molecule has 0 aliphatic heterocycles. The summed E-state index contributed by atoms with van der Waals surface area (Å²) >= 11 is 5.81. The highest BCUT2D eigenvalue weighted by Crippen LogP contribution is 2.19. The Morgan fingerprint density at radius 1 is 1.50 bits per heavy atom. The van der Waals surface area contributed by atoms with E-state index in [4.69, 9.17) is 11.6 Å². The van der Waals surface area contributed by atoms with Crippen molar-refractivity contribution in [1.29, 1.82) is 0 Å². The minimum atomic E-state index is 0.193. The minimum Gasteiger partial charge on any atom is -0.367 e. The predicted octanol–water partition coefficient (Wildman–Crippen LogP) is 2.93. The van der Waals surface area contributed by atoms with Crippen molar-refractivity contribution in [3.8, 4) is 0 Å². The Balaban J connectivity index is 2.86. The number of anilines is 1. The van der Waals surface area contributed by atoms with Crippen molar-refractivity contribution >= 4 is 23.7 Å². The molecule has 1 atom stereocenters. The molecule has 0 amide bonds. The van der Waals surface area contributed by atoms with E-state index in [1.165, 1.54) is 6.33 Å². The number of halogens is 1. The second-order valence-electron chi connectivity index (χ2n) is 3.58. The topological polar surface area (TPSA) is 54.9 Å². The van der Waals surface area contributed by atoms with Crippen LogP contribution in [0.2, 0.25) is 5.15 Å².